The van der Waals surface area contributed by atoms with E-state index in [1.807, 2.05) is 0 Å². The van der Waals surface area contributed by atoms with Crippen molar-refractivity contribution < 1.29 is 13.3 Å². The van der Waals surface area contributed by atoms with Crippen molar-refractivity contribution in [2.75, 3.05) is 21.3 Å². The first kappa shape index (κ1) is 12.8. The number of rotatable bonds is 4. The number of hydrogen-bond donors (Lipinski definition) is 0. The van der Waals surface area contributed by atoms with Crippen LogP contribution in [0.5, 0.6) is 0 Å². The first-order valence-electron chi connectivity index (χ1n) is 6.45. The molecule has 0 fully saturated rings. The summed E-state index contributed by atoms with van der Waals surface area (Å²) in [7, 11) is 2.19. The topological polar surface area (TPSA) is 27.7 Å². The van der Waals surface area contributed by atoms with Crippen molar-refractivity contribution in [3.8, 4) is 0 Å². The predicted octanol–water partition coefficient (Wildman–Crippen LogP) is 2.02. The minimum atomic E-state index is -2.78. The van der Waals surface area contributed by atoms with Gasteiger partial charge in [0.05, 0.1) is 0 Å². The molecule has 2 aromatic carbocycles. The van der Waals surface area contributed by atoms with Gasteiger partial charge in [0.1, 0.15) is 0 Å². The Kier molecular flexibility index (Phi) is 3.18. The second kappa shape index (κ2) is 4.72. The molecular formula is C15H18O3Si. The van der Waals surface area contributed by atoms with Gasteiger partial charge in [0.15, 0.2) is 0 Å². The van der Waals surface area contributed by atoms with Crippen LogP contribution in [0.4, 0.5) is 0 Å². The Morgan fingerprint density at radius 1 is 0.842 bits per heavy atom. The van der Waals surface area contributed by atoms with Crippen molar-refractivity contribution in [1.82, 2.24) is 0 Å². The van der Waals surface area contributed by atoms with Gasteiger partial charge in [0.25, 0.3) is 0 Å². The smallest absolute Gasteiger partial charge is 0.373 e. The molecule has 19 heavy (non-hydrogen) atoms. The van der Waals surface area contributed by atoms with Gasteiger partial charge in [0, 0.05) is 26.5 Å². The zero-order chi connectivity index (χ0) is 13.5. The maximum absolute atomic E-state index is 5.63. The van der Waals surface area contributed by atoms with Gasteiger partial charge < -0.3 is 13.3 Å². The summed E-state index contributed by atoms with van der Waals surface area (Å²) < 4.78 is 16.9. The molecule has 3 nitrogen and oxygen atoms in total. The van der Waals surface area contributed by atoms with E-state index in [1.54, 1.807) is 21.3 Å². The molecule has 0 spiro atoms. The normalized spacial score (nSPS) is 14.3. The third kappa shape index (κ3) is 1.75. The van der Waals surface area contributed by atoms with E-state index < -0.39 is 8.80 Å². The van der Waals surface area contributed by atoms with Gasteiger partial charge in [-0.3, -0.25) is 0 Å². The summed E-state index contributed by atoms with van der Waals surface area (Å²) in [5.41, 5.74) is 2.83. The quantitative estimate of drug-likeness (QED) is 0.798. The van der Waals surface area contributed by atoms with E-state index in [9.17, 15) is 0 Å². The summed E-state index contributed by atoms with van der Waals surface area (Å²) in [4.78, 5) is 0. The van der Waals surface area contributed by atoms with Crippen molar-refractivity contribution in [1.29, 1.82) is 0 Å². The van der Waals surface area contributed by atoms with Crippen LogP contribution in [0.3, 0.4) is 0 Å². The summed E-state index contributed by atoms with van der Waals surface area (Å²) in [6.07, 6.45) is 2.25. The lowest BCUT2D eigenvalue weighted by Gasteiger charge is -2.26. The highest BCUT2D eigenvalue weighted by molar-refractivity contribution is 6.77. The van der Waals surface area contributed by atoms with Gasteiger partial charge in [-0.2, -0.15) is 0 Å². The molecule has 0 radical (unpaired) electrons. The highest BCUT2D eigenvalue weighted by Crippen LogP contribution is 2.30. The fourth-order valence-electron chi connectivity index (χ4n) is 3.09. The molecule has 0 heterocycles. The summed E-state index contributed by atoms with van der Waals surface area (Å²) in [6.45, 7) is 0. The highest BCUT2D eigenvalue weighted by Gasteiger charge is 2.42. The molecule has 2 aromatic rings. The third-order valence-corrected chi connectivity index (χ3v) is 6.72. The Balaban J connectivity index is 2.32. The van der Waals surface area contributed by atoms with E-state index >= 15 is 0 Å². The maximum Gasteiger partial charge on any atom is 0.537 e. The number of benzene rings is 2. The number of aryl methyl sites for hydroxylation is 2. The molecule has 0 aliphatic heterocycles. The molecule has 0 bridgehead atoms. The van der Waals surface area contributed by atoms with E-state index in [0.29, 0.717) is 0 Å². The van der Waals surface area contributed by atoms with Crippen LogP contribution in [0.25, 0.3) is 10.8 Å². The molecule has 0 amide bonds. The molecule has 0 N–H and O–H groups in total. The summed E-state index contributed by atoms with van der Waals surface area (Å²) in [5, 5.41) is 3.63. The Bertz CT molecular complexity index is 602. The van der Waals surface area contributed by atoms with Crippen molar-refractivity contribution in [3.63, 3.8) is 0 Å². The lowest BCUT2D eigenvalue weighted by molar-refractivity contribution is 0.140. The van der Waals surface area contributed by atoms with Crippen LogP contribution < -0.4 is 5.19 Å². The molecule has 1 aliphatic rings. The average molecular weight is 274 g/mol. The predicted molar refractivity (Wildman–Crippen MR) is 77.8 cm³/mol. The molecule has 100 valence electrons. The zero-order valence-electron chi connectivity index (χ0n) is 11.5. The molecule has 0 atom stereocenters. The molecule has 3 rings (SSSR count). The fraction of sp³-hybridized carbons (Fsp3) is 0.333. The van der Waals surface area contributed by atoms with Crippen LogP contribution in [0.15, 0.2) is 30.3 Å². The Morgan fingerprint density at radius 3 is 2.11 bits per heavy atom. The van der Waals surface area contributed by atoms with Crippen LogP contribution in [-0.4, -0.2) is 30.1 Å². The van der Waals surface area contributed by atoms with Crippen LogP contribution in [-0.2, 0) is 26.1 Å². The first-order chi connectivity index (χ1) is 9.25. The van der Waals surface area contributed by atoms with Gasteiger partial charge in [-0.25, -0.2) is 0 Å². The van der Waals surface area contributed by atoms with Crippen LogP contribution in [0.1, 0.15) is 11.1 Å². The van der Waals surface area contributed by atoms with Gasteiger partial charge in [0.2, 0.25) is 0 Å². The van der Waals surface area contributed by atoms with Gasteiger partial charge in [-0.15, -0.1) is 0 Å². The second-order valence-corrected chi connectivity index (χ2v) is 7.66. The molecule has 0 saturated carbocycles. The van der Waals surface area contributed by atoms with Gasteiger partial charge >= 0.3 is 8.80 Å². The Hall–Kier alpha value is -1.20. The van der Waals surface area contributed by atoms with E-state index in [4.69, 9.17) is 13.3 Å². The van der Waals surface area contributed by atoms with E-state index in [1.165, 1.54) is 21.9 Å². The summed E-state index contributed by atoms with van der Waals surface area (Å²) >= 11 is 0. The van der Waals surface area contributed by atoms with E-state index in [2.05, 4.69) is 30.3 Å². The Morgan fingerprint density at radius 2 is 1.47 bits per heavy atom. The van der Waals surface area contributed by atoms with Crippen LogP contribution in [0, 0.1) is 0 Å². The minimum Gasteiger partial charge on any atom is -0.373 e. The van der Waals surface area contributed by atoms with E-state index in [-0.39, 0.29) is 0 Å². The fourth-order valence-corrected chi connectivity index (χ4v) is 5.08. The standard InChI is InChI=1S/C15H18O3Si/c1-16-19(17-2,18-3)14-10-9-12-8-7-11-5-4-6-13(14)15(11)12/h4-6,9-10H,7-8H2,1-3H3. The average Bonchev–Trinajstić information content (AvgIpc) is 2.89. The summed E-state index contributed by atoms with van der Waals surface area (Å²) in [6, 6.07) is 10.7. The van der Waals surface area contributed by atoms with Crippen molar-refractivity contribution >= 4 is 24.8 Å². The maximum atomic E-state index is 5.63. The molecule has 0 aromatic heterocycles. The van der Waals surface area contributed by atoms with Gasteiger partial charge in [-0.1, -0.05) is 30.3 Å². The SMILES string of the molecule is CO[Si](OC)(OC)c1ccc2c3c(cccc13)CC2. The Labute approximate surface area is 114 Å². The molecule has 0 saturated heterocycles. The van der Waals surface area contributed by atoms with Crippen molar-refractivity contribution in [3.05, 3.63) is 41.5 Å². The van der Waals surface area contributed by atoms with Gasteiger partial charge in [-0.05, 0) is 34.7 Å². The third-order valence-electron chi connectivity index (χ3n) is 4.01. The largest absolute Gasteiger partial charge is 0.537 e. The lowest BCUT2D eigenvalue weighted by atomic mass is 10.1. The number of hydrogen-bond acceptors (Lipinski definition) is 3. The van der Waals surface area contributed by atoms with Crippen LogP contribution in [0.2, 0.25) is 0 Å². The second-order valence-electron chi connectivity index (χ2n) is 4.78. The zero-order valence-corrected chi connectivity index (χ0v) is 12.5. The molecule has 4 heteroatoms. The van der Waals surface area contributed by atoms with Crippen LogP contribution >= 0.6 is 0 Å². The highest BCUT2D eigenvalue weighted by atomic mass is 28.4. The monoisotopic (exact) mass is 274 g/mol. The van der Waals surface area contributed by atoms with Crippen molar-refractivity contribution in [2.45, 2.75) is 12.8 Å². The lowest BCUT2D eigenvalue weighted by Crippen LogP contribution is -2.54. The molecular weight excluding hydrogens is 256 g/mol. The molecule has 0 unspecified atom stereocenters. The summed E-state index contributed by atoms with van der Waals surface area (Å²) in [5.74, 6) is 0. The first-order valence-corrected chi connectivity index (χ1v) is 8.17. The molecule has 1 aliphatic carbocycles. The van der Waals surface area contributed by atoms with Crippen molar-refractivity contribution in [2.24, 2.45) is 0 Å². The minimum absolute atomic E-state index is 1.06. The van der Waals surface area contributed by atoms with E-state index in [0.717, 1.165) is 18.0 Å².